The van der Waals surface area contributed by atoms with Gasteiger partial charge in [0.2, 0.25) is 5.69 Å². The fraction of sp³-hybridized carbons (Fsp3) is 0.357. The van der Waals surface area contributed by atoms with Crippen molar-refractivity contribution in [2.24, 2.45) is 0 Å². The fourth-order valence-electron chi connectivity index (χ4n) is 4.90. The number of unbranched alkanes of at least 4 members (excludes halogenated alkanes) is 2. The molecule has 1 atom stereocenters. The smallest absolute Gasteiger partial charge is 0.748 e. The first-order chi connectivity index (χ1) is 18.8. The number of anilines is 1. The molecule has 0 amide bonds. The van der Waals surface area contributed by atoms with E-state index < -0.39 is 37.4 Å². The van der Waals surface area contributed by atoms with Crippen LogP contribution in [0.25, 0.3) is 0 Å². The van der Waals surface area contributed by atoms with Crippen LogP contribution in [-0.2, 0) is 30.4 Å². The minimum Gasteiger partial charge on any atom is -0.748 e. The van der Waals surface area contributed by atoms with Crippen LogP contribution in [0.4, 0.5) is 11.4 Å². The number of allylic oxidation sites excluding steroid dienone is 3. The third-order valence-corrected chi connectivity index (χ3v) is 8.45. The van der Waals surface area contributed by atoms with Gasteiger partial charge in [-0.25, -0.2) is 16.8 Å². The van der Waals surface area contributed by atoms with E-state index in [1.807, 2.05) is 47.9 Å². The Kier molecular flexibility index (Phi) is 13.0. The Hall–Kier alpha value is -2.32. The van der Waals surface area contributed by atoms with E-state index in [2.05, 4.69) is 5.32 Å². The number of fused-ring (bicyclic) bond motifs is 1. The second-order valence-electron chi connectivity index (χ2n) is 9.80. The van der Waals surface area contributed by atoms with Crippen molar-refractivity contribution in [3.63, 3.8) is 0 Å². The molecule has 0 saturated heterocycles. The standard InChI is InChI=1S/C28H34N2O8S2.Na/c1-28(17-8-3-6-14-27(31)32)24-21-23(40(36,37)38)15-16-25(24)30(19-10-20-39(33,34)35)26(28)13-7-9-18-29-22-11-4-2-5-12-22;/h2,4-5,7,9,11-13,15-16,18,21H,3,6,8,10,14,17,19-20H2,1H3,(H3,31,32,33,34,35,36,37,38);/q;+1/p-1. The molecule has 1 heterocycles. The van der Waals surface area contributed by atoms with Gasteiger partial charge >= 0.3 is 35.5 Å². The summed E-state index contributed by atoms with van der Waals surface area (Å²) in [4.78, 5) is 10.5. The van der Waals surface area contributed by atoms with Crippen molar-refractivity contribution in [1.82, 2.24) is 0 Å². The van der Waals surface area contributed by atoms with E-state index in [9.17, 15) is 30.7 Å². The molecule has 0 aromatic heterocycles. The molecule has 216 valence electrons. The number of carboxylic acid groups (broad SMARTS) is 1. The number of rotatable bonds is 15. The van der Waals surface area contributed by atoms with E-state index in [1.165, 1.54) is 18.2 Å². The van der Waals surface area contributed by atoms with Gasteiger partial charge in [0, 0.05) is 48.2 Å². The molecule has 1 aliphatic heterocycles. The van der Waals surface area contributed by atoms with Crippen LogP contribution in [0, 0.1) is 0 Å². The minimum absolute atomic E-state index is 0. The molecular formula is C28H33N2NaO8S2. The Balaban J connectivity index is 0.00000588. The maximum Gasteiger partial charge on any atom is 1.00 e. The second kappa shape index (κ2) is 15.2. The summed E-state index contributed by atoms with van der Waals surface area (Å²) in [6, 6.07) is 13.6. The Morgan fingerprint density at radius 2 is 1.71 bits per heavy atom. The van der Waals surface area contributed by atoms with Crippen LogP contribution in [0.1, 0.15) is 51.0 Å². The number of carboxylic acids is 1. The topological polar surface area (TPSA) is 167 Å². The third kappa shape index (κ3) is 10.2. The van der Waals surface area contributed by atoms with Crippen LogP contribution < -0.4 is 34.9 Å². The van der Waals surface area contributed by atoms with Crippen molar-refractivity contribution in [2.45, 2.75) is 55.8 Å². The molecule has 0 spiro atoms. The molecule has 0 fully saturated rings. The number of hydrogen-bond donors (Lipinski definition) is 2. The fourth-order valence-corrected chi connectivity index (χ4v) is 5.88. The Morgan fingerprint density at radius 3 is 2.34 bits per heavy atom. The quantitative estimate of drug-likeness (QED) is 0.0984. The zero-order valence-electron chi connectivity index (χ0n) is 23.2. The molecule has 0 aliphatic carbocycles. The van der Waals surface area contributed by atoms with Gasteiger partial charge in [0.25, 0.3) is 0 Å². The van der Waals surface area contributed by atoms with E-state index in [1.54, 1.807) is 18.4 Å². The van der Waals surface area contributed by atoms with E-state index in [0.717, 1.165) is 11.4 Å². The van der Waals surface area contributed by atoms with Crippen LogP contribution in [0.15, 0.2) is 77.9 Å². The summed E-state index contributed by atoms with van der Waals surface area (Å²) in [5.41, 5.74) is 2.08. The Morgan fingerprint density at radius 1 is 1.00 bits per heavy atom. The van der Waals surface area contributed by atoms with E-state index >= 15 is 0 Å². The summed E-state index contributed by atoms with van der Waals surface area (Å²) in [5, 5.41) is 12.1. The monoisotopic (exact) mass is 612 g/mol. The van der Waals surface area contributed by atoms with E-state index in [4.69, 9.17) is 5.11 Å². The molecule has 13 heteroatoms. The molecule has 3 rings (SSSR count). The molecule has 0 saturated carbocycles. The van der Waals surface area contributed by atoms with Crippen molar-refractivity contribution < 1.29 is 70.0 Å². The SMILES string of the molecule is CC1(CCCCCC(=O)O)C(/C=C/C=C/Nc2ccccc2)=[N+](CCCS(=O)(=O)[O-])c2ccc(S(=O)(=O)[O-])cc21.[Na+]. The van der Waals surface area contributed by atoms with Crippen LogP contribution in [-0.4, -0.2) is 59.6 Å². The van der Waals surface area contributed by atoms with Gasteiger partial charge in [-0.05, 0) is 50.1 Å². The number of para-hydroxylation sites is 1. The van der Waals surface area contributed by atoms with Crippen LogP contribution in [0.2, 0.25) is 0 Å². The number of hydrogen-bond acceptors (Lipinski definition) is 8. The van der Waals surface area contributed by atoms with Crippen LogP contribution in [0.3, 0.4) is 0 Å². The third-order valence-electron chi connectivity index (χ3n) is 6.83. The van der Waals surface area contributed by atoms with Crippen molar-refractivity contribution in [1.29, 1.82) is 0 Å². The van der Waals surface area contributed by atoms with Crippen molar-refractivity contribution in [2.75, 3.05) is 17.6 Å². The number of nitrogens with one attached hydrogen (secondary N) is 1. The zero-order chi connectivity index (χ0) is 29.4. The summed E-state index contributed by atoms with van der Waals surface area (Å²) in [7, 11) is -9.17. The van der Waals surface area contributed by atoms with Gasteiger partial charge in [-0.15, -0.1) is 0 Å². The van der Waals surface area contributed by atoms with Crippen LogP contribution >= 0.6 is 0 Å². The van der Waals surface area contributed by atoms with E-state index in [0.29, 0.717) is 36.9 Å². The normalized spacial score (nSPS) is 17.1. The van der Waals surface area contributed by atoms with Crippen molar-refractivity contribution >= 4 is 43.3 Å². The molecule has 1 aliphatic rings. The molecule has 41 heavy (non-hydrogen) atoms. The maximum atomic E-state index is 11.9. The first-order valence-electron chi connectivity index (χ1n) is 12.9. The summed E-state index contributed by atoms with van der Waals surface area (Å²) < 4.78 is 71.2. The number of benzene rings is 2. The average Bonchev–Trinajstić information content (AvgIpc) is 3.10. The summed E-state index contributed by atoms with van der Waals surface area (Å²) in [5.74, 6) is -1.44. The average molecular weight is 613 g/mol. The molecular weight excluding hydrogens is 579 g/mol. The number of nitrogens with zero attached hydrogens (tertiary/aromatic N) is 1. The molecule has 0 radical (unpaired) electrons. The van der Waals surface area contributed by atoms with Gasteiger partial charge < -0.3 is 19.5 Å². The van der Waals surface area contributed by atoms with Gasteiger partial charge in [-0.1, -0.05) is 37.1 Å². The molecule has 10 nitrogen and oxygen atoms in total. The van der Waals surface area contributed by atoms with E-state index in [-0.39, 0.29) is 53.8 Å². The molecule has 2 aromatic carbocycles. The van der Waals surface area contributed by atoms with Gasteiger partial charge in [0.05, 0.1) is 20.4 Å². The van der Waals surface area contributed by atoms with Gasteiger partial charge in [-0.3, -0.25) is 4.79 Å². The van der Waals surface area contributed by atoms with Crippen molar-refractivity contribution in [3.05, 3.63) is 78.5 Å². The molecule has 1 unspecified atom stereocenters. The van der Waals surface area contributed by atoms with Crippen LogP contribution in [0.5, 0.6) is 0 Å². The van der Waals surface area contributed by atoms with Crippen molar-refractivity contribution in [3.8, 4) is 0 Å². The number of carbonyl (C=O) groups is 1. The predicted octanol–water partition coefficient (Wildman–Crippen LogP) is 1.10. The van der Waals surface area contributed by atoms with Gasteiger partial charge in [0.15, 0.2) is 5.71 Å². The zero-order valence-corrected chi connectivity index (χ0v) is 26.8. The summed E-state index contributed by atoms with van der Waals surface area (Å²) in [6.45, 7) is 2.10. The Labute approximate surface area is 263 Å². The first-order valence-corrected chi connectivity index (χ1v) is 15.9. The largest absolute Gasteiger partial charge is 1.00 e. The maximum absolute atomic E-state index is 11.9. The van der Waals surface area contributed by atoms with Gasteiger partial charge in [0.1, 0.15) is 16.7 Å². The molecule has 2 N–H and O–H groups in total. The first kappa shape index (κ1) is 34.9. The molecule has 0 bridgehead atoms. The summed E-state index contributed by atoms with van der Waals surface area (Å²) in [6.07, 6.45) is 9.51. The Bertz CT molecular complexity index is 1520. The molecule has 2 aromatic rings. The minimum atomic E-state index is -4.74. The number of aliphatic carboxylic acids is 1. The van der Waals surface area contributed by atoms with Gasteiger partial charge in [-0.2, -0.15) is 4.58 Å². The predicted molar refractivity (Wildman–Crippen MR) is 150 cm³/mol. The summed E-state index contributed by atoms with van der Waals surface area (Å²) >= 11 is 0. The second-order valence-corrected chi connectivity index (χ2v) is 12.7.